The summed E-state index contributed by atoms with van der Waals surface area (Å²) in [4.78, 5) is 28.5. The third-order valence-corrected chi connectivity index (χ3v) is 7.21. The van der Waals surface area contributed by atoms with Crippen molar-refractivity contribution in [3.8, 4) is 11.5 Å². The van der Waals surface area contributed by atoms with Gasteiger partial charge in [0, 0.05) is 28.1 Å². The number of carbonyl (C=O) groups is 2. The van der Waals surface area contributed by atoms with Crippen LogP contribution in [0.4, 0.5) is 5.69 Å². The predicted molar refractivity (Wildman–Crippen MR) is 146 cm³/mol. The van der Waals surface area contributed by atoms with Crippen molar-refractivity contribution in [2.45, 2.75) is 12.5 Å². The standard InChI is InChI=1S/C28H23ClN4O3S/c29-16-25(34)33(21-12-10-20(11-13-21)28-32-31-18-36-28)26(23-17-37-24-9-5-4-8-22(23)24)27(35)30-15-14-19-6-2-1-3-7-19/h1-13,17-18,26H,14-16H2,(H,30,35). The fraction of sp³-hybridized carbons (Fsp3) is 0.143. The molecule has 1 atom stereocenters. The van der Waals surface area contributed by atoms with Gasteiger partial charge in [-0.2, -0.15) is 0 Å². The minimum absolute atomic E-state index is 0.277. The molecule has 0 saturated heterocycles. The number of benzene rings is 3. The summed E-state index contributed by atoms with van der Waals surface area (Å²) in [6, 6.07) is 23.9. The highest BCUT2D eigenvalue weighted by Crippen LogP contribution is 2.36. The summed E-state index contributed by atoms with van der Waals surface area (Å²) in [5, 5.41) is 13.5. The average Bonchev–Trinajstić information content (AvgIpc) is 3.63. The Morgan fingerprint density at radius 1 is 1.00 bits per heavy atom. The van der Waals surface area contributed by atoms with Gasteiger partial charge in [0.25, 0.3) is 0 Å². The zero-order chi connectivity index (χ0) is 25.6. The summed E-state index contributed by atoms with van der Waals surface area (Å²) in [5.41, 5.74) is 3.10. The van der Waals surface area contributed by atoms with E-state index in [9.17, 15) is 9.59 Å². The van der Waals surface area contributed by atoms with E-state index >= 15 is 0 Å². The van der Waals surface area contributed by atoms with Gasteiger partial charge < -0.3 is 9.73 Å². The minimum atomic E-state index is -0.910. The van der Waals surface area contributed by atoms with Crippen molar-refractivity contribution in [1.82, 2.24) is 15.5 Å². The Hall–Kier alpha value is -4.01. The zero-order valence-corrected chi connectivity index (χ0v) is 21.3. The molecule has 0 radical (unpaired) electrons. The van der Waals surface area contributed by atoms with Gasteiger partial charge in [0.05, 0.1) is 0 Å². The molecule has 186 valence electrons. The SMILES string of the molecule is O=C(NCCc1ccccc1)C(c1csc2ccccc12)N(C(=O)CCl)c1ccc(-c2nnco2)cc1. The maximum absolute atomic E-state index is 13.8. The van der Waals surface area contributed by atoms with Crippen LogP contribution in [0.3, 0.4) is 0 Å². The van der Waals surface area contributed by atoms with E-state index in [0.717, 1.165) is 21.2 Å². The Morgan fingerprint density at radius 3 is 2.49 bits per heavy atom. The highest BCUT2D eigenvalue weighted by Gasteiger charge is 2.34. The first kappa shape index (κ1) is 24.7. The molecule has 5 rings (SSSR count). The molecule has 2 amide bonds. The number of halogens is 1. The Bertz CT molecular complexity index is 1490. The average molecular weight is 531 g/mol. The molecule has 0 spiro atoms. The van der Waals surface area contributed by atoms with Gasteiger partial charge in [-0.1, -0.05) is 48.5 Å². The van der Waals surface area contributed by atoms with E-state index in [1.165, 1.54) is 22.6 Å². The largest absolute Gasteiger partial charge is 0.423 e. The monoisotopic (exact) mass is 530 g/mol. The fourth-order valence-corrected chi connectivity index (χ4v) is 5.35. The second-order valence-corrected chi connectivity index (χ2v) is 9.48. The molecule has 3 aromatic carbocycles. The molecule has 9 heteroatoms. The predicted octanol–water partition coefficient (Wildman–Crippen LogP) is 5.62. The number of fused-ring (bicyclic) bond motifs is 1. The van der Waals surface area contributed by atoms with Crippen molar-refractivity contribution in [3.63, 3.8) is 0 Å². The lowest BCUT2D eigenvalue weighted by molar-refractivity contribution is -0.125. The molecule has 1 unspecified atom stereocenters. The third-order valence-electron chi connectivity index (χ3n) is 6.00. The van der Waals surface area contributed by atoms with Gasteiger partial charge in [-0.3, -0.25) is 14.5 Å². The summed E-state index contributed by atoms with van der Waals surface area (Å²) in [6.45, 7) is 0.431. The van der Waals surface area contributed by atoms with Gasteiger partial charge >= 0.3 is 0 Å². The van der Waals surface area contributed by atoms with Crippen LogP contribution in [0.5, 0.6) is 0 Å². The van der Waals surface area contributed by atoms with Gasteiger partial charge in [-0.15, -0.1) is 33.1 Å². The number of hydrogen-bond donors (Lipinski definition) is 1. The molecule has 2 heterocycles. The molecule has 0 saturated carbocycles. The summed E-state index contributed by atoms with van der Waals surface area (Å²) in [6.07, 6.45) is 1.93. The molecule has 7 nitrogen and oxygen atoms in total. The van der Waals surface area contributed by atoms with Gasteiger partial charge in [-0.25, -0.2) is 0 Å². The molecular formula is C28H23ClN4O3S. The van der Waals surface area contributed by atoms with E-state index in [2.05, 4.69) is 15.5 Å². The molecule has 0 aliphatic rings. The van der Waals surface area contributed by atoms with Crippen LogP contribution < -0.4 is 10.2 Å². The summed E-state index contributed by atoms with van der Waals surface area (Å²) in [7, 11) is 0. The summed E-state index contributed by atoms with van der Waals surface area (Å²) in [5.74, 6) is -0.577. The minimum Gasteiger partial charge on any atom is -0.423 e. The van der Waals surface area contributed by atoms with Crippen LogP contribution in [-0.2, 0) is 16.0 Å². The van der Waals surface area contributed by atoms with E-state index < -0.39 is 6.04 Å². The van der Waals surface area contributed by atoms with Crippen LogP contribution >= 0.6 is 22.9 Å². The lowest BCUT2D eigenvalue weighted by Crippen LogP contribution is -2.45. The number of alkyl halides is 1. The van der Waals surface area contributed by atoms with Crippen molar-refractivity contribution < 1.29 is 14.0 Å². The molecule has 5 aromatic rings. The lowest BCUT2D eigenvalue weighted by Gasteiger charge is -2.31. The fourth-order valence-electron chi connectivity index (χ4n) is 4.24. The number of thiophene rings is 1. The second kappa shape index (κ2) is 11.4. The maximum Gasteiger partial charge on any atom is 0.247 e. The van der Waals surface area contributed by atoms with Crippen LogP contribution in [0.25, 0.3) is 21.5 Å². The molecule has 0 aliphatic carbocycles. The normalized spacial score (nSPS) is 11.8. The van der Waals surface area contributed by atoms with E-state index in [-0.39, 0.29) is 17.7 Å². The summed E-state index contributed by atoms with van der Waals surface area (Å²) < 4.78 is 6.31. The van der Waals surface area contributed by atoms with E-state index in [1.807, 2.05) is 60.0 Å². The van der Waals surface area contributed by atoms with Gasteiger partial charge in [0.1, 0.15) is 11.9 Å². The van der Waals surface area contributed by atoms with E-state index in [1.54, 1.807) is 24.3 Å². The number of rotatable bonds is 9. The summed E-state index contributed by atoms with van der Waals surface area (Å²) >= 11 is 7.60. The van der Waals surface area contributed by atoms with Crippen LogP contribution in [0.1, 0.15) is 17.2 Å². The first-order valence-corrected chi connectivity index (χ1v) is 13.1. The van der Waals surface area contributed by atoms with Crippen LogP contribution in [0.15, 0.2) is 95.1 Å². The topological polar surface area (TPSA) is 88.3 Å². The van der Waals surface area contributed by atoms with Crippen molar-refractivity contribution in [3.05, 3.63) is 102 Å². The van der Waals surface area contributed by atoms with Gasteiger partial charge in [0.15, 0.2) is 0 Å². The first-order valence-electron chi connectivity index (χ1n) is 11.7. The van der Waals surface area contributed by atoms with Crippen molar-refractivity contribution >= 4 is 50.5 Å². The smallest absolute Gasteiger partial charge is 0.247 e. The number of anilines is 1. The molecule has 37 heavy (non-hydrogen) atoms. The molecule has 1 N–H and O–H groups in total. The van der Waals surface area contributed by atoms with Gasteiger partial charge in [0.2, 0.25) is 24.1 Å². The quantitative estimate of drug-likeness (QED) is 0.250. The Labute approximate surface area is 222 Å². The van der Waals surface area contributed by atoms with Crippen molar-refractivity contribution in [2.75, 3.05) is 17.3 Å². The van der Waals surface area contributed by atoms with E-state index in [0.29, 0.717) is 30.1 Å². The Kier molecular flexibility index (Phi) is 7.58. The Balaban J connectivity index is 1.51. The molecule has 0 aliphatic heterocycles. The molecule has 0 bridgehead atoms. The number of nitrogens with zero attached hydrogens (tertiary/aromatic N) is 3. The number of amides is 2. The number of carbonyl (C=O) groups excluding carboxylic acids is 2. The van der Waals surface area contributed by atoms with Crippen LogP contribution in [0, 0.1) is 0 Å². The number of nitrogens with one attached hydrogen (secondary N) is 1. The lowest BCUT2D eigenvalue weighted by atomic mass is 10.0. The first-order chi connectivity index (χ1) is 18.2. The second-order valence-electron chi connectivity index (χ2n) is 8.30. The molecular weight excluding hydrogens is 508 g/mol. The number of hydrogen-bond acceptors (Lipinski definition) is 6. The van der Waals surface area contributed by atoms with Crippen molar-refractivity contribution in [1.29, 1.82) is 0 Å². The number of aromatic nitrogens is 2. The molecule has 0 fully saturated rings. The van der Waals surface area contributed by atoms with E-state index in [4.69, 9.17) is 16.0 Å². The third kappa shape index (κ3) is 5.40. The highest BCUT2D eigenvalue weighted by molar-refractivity contribution is 7.17. The highest BCUT2D eigenvalue weighted by atomic mass is 35.5. The maximum atomic E-state index is 13.8. The van der Waals surface area contributed by atoms with Crippen LogP contribution in [-0.4, -0.2) is 34.4 Å². The van der Waals surface area contributed by atoms with Crippen LogP contribution in [0.2, 0.25) is 0 Å². The molecule has 2 aromatic heterocycles. The van der Waals surface area contributed by atoms with Crippen molar-refractivity contribution in [2.24, 2.45) is 0 Å². The van der Waals surface area contributed by atoms with Gasteiger partial charge in [-0.05, 0) is 53.1 Å². The Morgan fingerprint density at radius 2 is 1.76 bits per heavy atom. The zero-order valence-electron chi connectivity index (χ0n) is 19.7.